The molecule has 0 saturated carbocycles. The van der Waals surface area contributed by atoms with Crippen molar-refractivity contribution in [3.8, 4) is 0 Å². The van der Waals surface area contributed by atoms with Gasteiger partial charge in [0, 0.05) is 31.2 Å². The number of aromatic amines is 1. The van der Waals surface area contributed by atoms with Gasteiger partial charge in [-0.1, -0.05) is 0 Å². The molecule has 0 bridgehead atoms. The number of nitrogens with zero attached hydrogens (tertiary/aromatic N) is 1. The molecule has 3 rings (SSSR count). The minimum absolute atomic E-state index is 0.000123. The maximum Gasteiger partial charge on any atom is 0.249 e. The topological polar surface area (TPSA) is 48.1 Å². The van der Waals surface area contributed by atoms with Gasteiger partial charge >= 0.3 is 0 Å². The second kappa shape index (κ2) is 3.10. The predicted octanol–water partition coefficient (Wildman–Crippen LogP) is 0.0977. The summed E-state index contributed by atoms with van der Waals surface area (Å²) in [6.07, 6.45) is 1.05. The second-order valence-corrected chi connectivity index (χ2v) is 4.47. The molecule has 0 unspecified atom stereocenters. The first-order valence-corrected chi connectivity index (χ1v) is 5.47. The van der Waals surface area contributed by atoms with Crippen LogP contribution in [0.1, 0.15) is 12.5 Å². The Labute approximate surface area is 88.3 Å². The van der Waals surface area contributed by atoms with Crippen molar-refractivity contribution in [2.75, 3.05) is 18.0 Å². The van der Waals surface area contributed by atoms with E-state index in [1.54, 1.807) is 6.07 Å². The average Bonchev–Trinajstić information content (AvgIpc) is 2.57. The molecular weight excluding hydrogens is 190 g/mol. The van der Waals surface area contributed by atoms with Crippen LogP contribution < -0.4 is 15.8 Å². The minimum atomic E-state index is 0.000123. The van der Waals surface area contributed by atoms with Crippen molar-refractivity contribution in [3.05, 3.63) is 28.0 Å². The Bertz CT molecular complexity index is 440. The summed E-state index contributed by atoms with van der Waals surface area (Å²) in [5.74, 6) is 1.04. The van der Waals surface area contributed by atoms with Crippen LogP contribution in [-0.4, -0.2) is 30.2 Å². The number of rotatable bonds is 0. The molecule has 4 nitrogen and oxygen atoms in total. The van der Waals surface area contributed by atoms with Gasteiger partial charge in [0.2, 0.25) is 5.56 Å². The first-order chi connectivity index (χ1) is 7.25. The SMILES string of the molecule is C[C@@H]1CNC[C@H]2Cc3ccc(=O)[nH]c3N21. The number of pyridine rings is 1. The Kier molecular flexibility index (Phi) is 1.85. The van der Waals surface area contributed by atoms with Crippen LogP contribution in [0.2, 0.25) is 0 Å². The Hall–Kier alpha value is -1.29. The van der Waals surface area contributed by atoms with Crippen molar-refractivity contribution in [2.24, 2.45) is 0 Å². The zero-order chi connectivity index (χ0) is 10.4. The zero-order valence-electron chi connectivity index (χ0n) is 8.79. The lowest BCUT2D eigenvalue weighted by Crippen LogP contribution is -2.55. The maximum atomic E-state index is 11.3. The van der Waals surface area contributed by atoms with Crippen LogP contribution in [0, 0.1) is 0 Å². The molecule has 2 aliphatic rings. The standard InChI is InChI=1S/C11H15N3O/c1-7-5-12-6-9-4-8-2-3-10(15)13-11(8)14(7)9/h2-3,7,9,12H,4-6H2,1H3,(H,13,15)/t7-,9-/m1/s1. The molecule has 0 radical (unpaired) electrons. The lowest BCUT2D eigenvalue weighted by Gasteiger charge is -2.37. The zero-order valence-corrected chi connectivity index (χ0v) is 8.79. The molecule has 1 saturated heterocycles. The first kappa shape index (κ1) is 8.97. The van der Waals surface area contributed by atoms with Crippen molar-refractivity contribution in [3.63, 3.8) is 0 Å². The van der Waals surface area contributed by atoms with Gasteiger partial charge in [0.25, 0.3) is 0 Å². The third kappa shape index (κ3) is 1.28. The van der Waals surface area contributed by atoms with E-state index in [0.29, 0.717) is 12.1 Å². The molecule has 80 valence electrons. The summed E-state index contributed by atoms with van der Waals surface area (Å²) in [6.45, 7) is 4.20. The Morgan fingerprint density at radius 1 is 1.40 bits per heavy atom. The van der Waals surface area contributed by atoms with Crippen molar-refractivity contribution in [1.82, 2.24) is 10.3 Å². The van der Waals surface area contributed by atoms with Crippen molar-refractivity contribution >= 4 is 5.82 Å². The van der Waals surface area contributed by atoms with E-state index in [0.717, 1.165) is 25.3 Å². The van der Waals surface area contributed by atoms with E-state index in [1.165, 1.54) is 5.56 Å². The highest BCUT2D eigenvalue weighted by Crippen LogP contribution is 2.31. The van der Waals surface area contributed by atoms with E-state index >= 15 is 0 Å². The van der Waals surface area contributed by atoms with Crippen molar-refractivity contribution in [2.45, 2.75) is 25.4 Å². The highest BCUT2D eigenvalue weighted by molar-refractivity contribution is 5.55. The summed E-state index contributed by atoms with van der Waals surface area (Å²) in [5.41, 5.74) is 1.27. The van der Waals surface area contributed by atoms with Gasteiger partial charge in [-0.25, -0.2) is 0 Å². The molecule has 2 atom stereocenters. The summed E-state index contributed by atoms with van der Waals surface area (Å²) in [4.78, 5) is 16.6. The number of hydrogen-bond acceptors (Lipinski definition) is 3. The summed E-state index contributed by atoms with van der Waals surface area (Å²) < 4.78 is 0. The normalized spacial score (nSPS) is 28.7. The van der Waals surface area contributed by atoms with Gasteiger partial charge in [0.05, 0.1) is 0 Å². The fraction of sp³-hybridized carbons (Fsp3) is 0.545. The quantitative estimate of drug-likeness (QED) is 0.631. The first-order valence-electron chi connectivity index (χ1n) is 5.47. The number of anilines is 1. The molecule has 1 fully saturated rings. The molecular formula is C11H15N3O. The number of fused-ring (bicyclic) bond motifs is 3. The van der Waals surface area contributed by atoms with Gasteiger partial charge in [-0.2, -0.15) is 0 Å². The molecule has 1 aromatic heterocycles. The molecule has 3 heterocycles. The monoisotopic (exact) mass is 205 g/mol. The highest BCUT2D eigenvalue weighted by Gasteiger charge is 2.35. The molecule has 1 aromatic rings. The second-order valence-electron chi connectivity index (χ2n) is 4.47. The molecule has 0 amide bonds. The van der Waals surface area contributed by atoms with Crippen LogP contribution in [0.15, 0.2) is 16.9 Å². The van der Waals surface area contributed by atoms with E-state index in [1.807, 2.05) is 6.07 Å². The van der Waals surface area contributed by atoms with Crippen molar-refractivity contribution < 1.29 is 0 Å². The largest absolute Gasteiger partial charge is 0.349 e. The van der Waals surface area contributed by atoms with Crippen LogP contribution in [0.25, 0.3) is 0 Å². The van der Waals surface area contributed by atoms with E-state index in [-0.39, 0.29) is 5.56 Å². The number of nitrogens with one attached hydrogen (secondary N) is 2. The smallest absolute Gasteiger partial charge is 0.249 e. The summed E-state index contributed by atoms with van der Waals surface area (Å²) in [7, 11) is 0. The van der Waals surface area contributed by atoms with Crippen LogP contribution in [-0.2, 0) is 6.42 Å². The third-order valence-electron chi connectivity index (χ3n) is 3.38. The van der Waals surface area contributed by atoms with Gasteiger partial charge in [-0.15, -0.1) is 0 Å². The molecule has 2 N–H and O–H groups in total. The predicted molar refractivity (Wildman–Crippen MR) is 59.4 cm³/mol. The molecule has 2 aliphatic heterocycles. The van der Waals surface area contributed by atoms with Crippen LogP contribution >= 0.6 is 0 Å². The van der Waals surface area contributed by atoms with Gasteiger partial charge in [-0.05, 0) is 25.0 Å². The van der Waals surface area contributed by atoms with Crippen LogP contribution in [0.5, 0.6) is 0 Å². The maximum absolute atomic E-state index is 11.3. The van der Waals surface area contributed by atoms with Gasteiger partial charge < -0.3 is 15.2 Å². The van der Waals surface area contributed by atoms with Crippen LogP contribution in [0.4, 0.5) is 5.82 Å². The van der Waals surface area contributed by atoms with Gasteiger partial charge in [0.15, 0.2) is 0 Å². The van der Waals surface area contributed by atoms with E-state index in [9.17, 15) is 4.79 Å². The van der Waals surface area contributed by atoms with Gasteiger partial charge in [0.1, 0.15) is 5.82 Å². The number of hydrogen-bond donors (Lipinski definition) is 2. The minimum Gasteiger partial charge on any atom is -0.349 e. The summed E-state index contributed by atoms with van der Waals surface area (Å²) >= 11 is 0. The third-order valence-corrected chi connectivity index (χ3v) is 3.38. The summed E-state index contributed by atoms with van der Waals surface area (Å²) in [6, 6.07) is 4.55. The Morgan fingerprint density at radius 3 is 3.13 bits per heavy atom. The molecule has 15 heavy (non-hydrogen) atoms. The molecule has 0 spiro atoms. The number of aromatic nitrogens is 1. The number of piperazine rings is 1. The molecule has 4 heteroatoms. The highest BCUT2D eigenvalue weighted by atomic mass is 16.1. The van der Waals surface area contributed by atoms with E-state index in [4.69, 9.17) is 0 Å². The average molecular weight is 205 g/mol. The lowest BCUT2D eigenvalue weighted by molar-refractivity contribution is 0.427. The summed E-state index contributed by atoms with van der Waals surface area (Å²) in [5, 5.41) is 3.42. The van der Waals surface area contributed by atoms with E-state index < -0.39 is 0 Å². The fourth-order valence-electron chi connectivity index (χ4n) is 2.73. The lowest BCUT2D eigenvalue weighted by atomic mass is 10.1. The van der Waals surface area contributed by atoms with Crippen molar-refractivity contribution in [1.29, 1.82) is 0 Å². The molecule has 0 aromatic carbocycles. The van der Waals surface area contributed by atoms with E-state index in [2.05, 4.69) is 22.1 Å². The van der Waals surface area contributed by atoms with Gasteiger partial charge in [-0.3, -0.25) is 4.79 Å². The Balaban J connectivity index is 2.08. The fourth-order valence-corrected chi connectivity index (χ4v) is 2.73. The Morgan fingerprint density at radius 2 is 2.27 bits per heavy atom. The van der Waals surface area contributed by atoms with Crippen LogP contribution in [0.3, 0.4) is 0 Å². The number of H-pyrrole nitrogens is 1. The molecule has 0 aliphatic carbocycles.